The van der Waals surface area contributed by atoms with Crippen molar-refractivity contribution in [3.8, 4) is 0 Å². The van der Waals surface area contributed by atoms with Gasteiger partial charge in [0, 0.05) is 38.3 Å². The lowest BCUT2D eigenvalue weighted by Crippen LogP contribution is -2.63. The highest BCUT2D eigenvalue weighted by Gasteiger charge is 2.43. The molecule has 1 aromatic heterocycles. The Labute approximate surface area is 148 Å². The lowest BCUT2D eigenvalue weighted by molar-refractivity contribution is -0.0816. The van der Waals surface area contributed by atoms with Crippen molar-refractivity contribution < 1.29 is 14.3 Å². The Bertz CT molecular complexity index is 707. The van der Waals surface area contributed by atoms with Crippen molar-refractivity contribution in [3.05, 3.63) is 22.5 Å². The molecule has 6 heteroatoms. The Morgan fingerprint density at radius 2 is 1.92 bits per heavy atom. The van der Waals surface area contributed by atoms with Gasteiger partial charge in [-0.3, -0.25) is 14.5 Å². The van der Waals surface area contributed by atoms with Crippen LogP contribution in [0.2, 0.25) is 0 Å². The monoisotopic (exact) mass is 345 g/mol. The number of carbonyl (C=O) groups is 2. The molecule has 1 amide bonds. The van der Waals surface area contributed by atoms with Gasteiger partial charge in [-0.2, -0.15) is 0 Å². The number of nitrogens with zero attached hydrogens (tertiary/aromatic N) is 2. The number of ketones is 1. The number of fused-ring (bicyclic) bond motifs is 1. The first kappa shape index (κ1) is 16.8. The minimum absolute atomic E-state index is 0.0302. The number of amides is 1. The molecule has 0 radical (unpaired) electrons. The Balaban J connectivity index is 1.52. The highest BCUT2D eigenvalue weighted by molar-refractivity contribution is 6.02. The zero-order valence-electron chi connectivity index (χ0n) is 15.3. The summed E-state index contributed by atoms with van der Waals surface area (Å²) in [6.07, 6.45) is 2.63. The largest absolute Gasteiger partial charge is 0.378 e. The van der Waals surface area contributed by atoms with Crippen LogP contribution in [0.15, 0.2) is 0 Å². The van der Waals surface area contributed by atoms with Gasteiger partial charge in [-0.25, -0.2) is 0 Å². The van der Waals surface area contributed by atoms with Gasteiger partial charge in [-0.1, -0.05) is 0 Å². The molecule has 0 bridgehead atoms. The number of aromatic nitrogens is 1. The average molecular weight is 345 g/mol. The zero-order chi connectivity index (χ0) is 17.7. The van der Waals surface area contributed by atoms with E-state index in [2.05, 4.69) is 9.88 Å². The molecular formula is C19H27N3O3. The lowest BCUT2D eigenvalue weighted by Gasteiger charge is -2.48. The predicted octanol–water partition coefficient (Wildman–Crippen LogP) is 1.77. The molecule has 0 unspecified atom stereocenters. The second-order valence-corrected chi connectivity index (χ2v) is 7.77. The van der Waals surface area contributed by atoms with Gasteiger partial charge in [0.15, 0.2) is 5.78 Å². The van der Waals surface area contributed by atoms with Crippen LogP contribution in [0.3, 0.4) is 0 Å². The molecule has 0 spiro atoms. The fourth-order valence-electron chi connectivity index (χ4n) is 4.53. The van der Waals surface area contributed by atoms with E-state index in [4.69, 9.17) is 4.74 Å². The molecule has 4 rings (SSSR count). The normalized spacial score (nSPS) is 27.2. The SMILES string of the molecule is CC(=O)c1[nH]c(C)c(C(=O)N2CCN3[C@@H](COC[C@@H]3C3CC3)C2)c1C. The minimum atomic E-state index is -0.0302. The molecule has 1 aromatic rings. The Hall–Kier alpha value is -1.66. The minimum Gasteiger partial charge on any atom is -0.378 e. The highest BCUT2D eigenvalue weighted by atomic mass is 16.5. The third-order valence-corrected chi connectivity index (χ3v) is 6.01. The summed E-state index contributed by atoms with van der Waals surface area (Å²) in [6, 6.07) is 0.833. The summed E-state index contributed by atoms with van der Waals surface area (Å²) in [5.41, 5.74) is 2.77. The van der Waals surface area contributed by atoms with E-state index in [1.165, 1.54) is 19.8 Å². The molecule has 6 nitrogen and oxygen atoms in total. The van der Waals surface area contributed by atoms with Crippen LogP contribution in [-0.2, 0) is 4.74 Å². The van der Waals surface area contributed by atoms with Crippen molar-refractivity contribution in [1.29, 1.82) is 0 Å². The molecular weight excluding hydrogens is 318 g/mol. The summed E-state index contributed by atoms with van der Waals surface area (Å²) in [4.78, 5) is 32.5. The van der Waals surface area contributed by atoms with Gasteiger partial charge < -0.3 is 14.6 Å². The van der Waals surface area contributed by atoms with E-state index in [1.807, 2.05) is 18.7 Å². The van der Waals surface area contributed by atoms with Gasteiger partial charge in [0.05, 0.1) is 30.5 Å². The third kappa shape index (κ3) is 2.91. The number of Topliss-reactive ketones (excluding diaryl/α,β-unsaturated/α-hetero) is 1. The van der Waals surface area contributed by atoms with E-state index >= 15 is 0 Å². The fourth-order valence-corrected chi connectivity index (χ4v) is 4.53. The molecule has 136 valence electrons. The highest BCUT2D eigenvalue weighted by Crippen LogP contribution is 2.38. The summed E-state index contributed by atoms with van der Waals surface area (Å²) in [7, 11) is 0. The number of H-pyrrole nitrogens is 1. The second kappa shape index (κ2) is 6.25. The molecule has 3 fully saturated rings. The van der Waals surface area contributed by atoms with E-state index in [1.54, 1.807) is 0 Å². The fraction of sp³-hybridized carbons (Fsp3) is 0.684. The summed E-state index contributed by atoms with van der Waals surface area (Å²) in [5, 5.41) is 0. The van der Waals surface area contributed by atoms with Crippen molar-refractivity contribution in [1.82, 2.24) is 14.8 Å². The maximum atomic E-state index is 13.1. The number of piperazine rings is 1. The van der Waals surface area contributed by atoms with Crippen LogP contribution < -0.4 is 0 Å². The standard InChI is InChI=1S/C19H27N3O3/c1-11-17(12(2)20-18(11)13(3)23)19(24)21-6-7-22-15(8-21)9-25-10-16(22)14-4-5-14/h14-16,20H,4-10H2,1-3H3/t15-,16-/m1/s1. The van der Waals surface area contributed by atoms with E-state index < -0.39 is 0 Å². The number of aryl methyl sites for hydroxylation is 1. The van der Waals surface area contributed by atoms with E-state index in [0.29, 0.717) is 36.5 Å². The number of ether oxygens (including phenoxy) is 1. The molecule has 2 atom stereocenters. The Morgan fingerprint density at radius 3 is 2.56 bits per heavy atom. The number of hydrogen-bond donors (Lipinski definition) is 1. The second-order valence-electron chi connectivity index (χ2n) is 7.77. The van der Waals surface area contributed by atoms with Crippen LogP contribution in [0.25, 0.3) is 0 Å². The van der Waals surface area contributed by atoms with E-state index in [9.17, 15) is 9.59 Å². The molecule has 1 saturated carbocycles. The van der Waals surface area contributed by atoms with Crippen LogP contribution in [0.1, 0.15) is 51.9 Å². The summed E-state index contributed by atoms with van der Waals surface area (Å²) < 4.78 is 5.84. The Morgan fingerprint density at radius 1 is 1.16 bits per heavy atom. The van der Waals surface area contributed by atoms with Crippen LogP contribution in [0.5, 0.6) is 0 Å². The van der Waals surface area contributed by atoms with Gasteiger partial charge in [0.25, 0.3) is 5.91 Å². The third-order valence-electron chi connectivity index (χ3n) is 6.01. The van der Waals surface area contributed by atoms with E-state index in [-0.39, 0.29) is 11.7 Å². The molecule has 3 heterocycles. The quantitative estimate of drug-likeness (QED) is 0.848. The number of carbonyl (C=O) groups excluding carboxylic acids is 2. The van der Waals surface area contributed by atoms with Crippen molar-refractivity contribution in [2.24, 2.45) is 5.92 Å². The number of aromatic amines is 1. The van der Waals surface area contributed by atoms with Crippen molar-refractivity contribution in [2.75, 3.05) is 32.8 Å². The number of nitrogens with one attached hydrogen (secondary N) is 1. The number of rotatable bonds is 3. The first-order valence-corrected chi connectivity index (χ1v) is 9.30. The smallest absolute Gasteiger partial charge is 0.256 e. The summed E-state index contributed by atoms with van der Waals surface area (Å²) in [6.45, 7) is 9.18. The van der Waals surface area contributed by atoms with E-state index in [0.717, 1.165) is 36.9 Å². The molecule has 0 aromatic carbocycles. The van der Waals surface area contributed by atoms with Gasteiger partial charge in [-0.15, -0.1) is 0 Å². The van der Waals surface area contributed by atoms with Crippen molar-refractivity contribution in [3.63, 3.8) is 0 Å². The number of hydrogen-bond acceptors (Lipinski definition) is 4. The van der Waals surface area contributed by atoms with Gasteiger partial charge in [0.2, 0.25) is 0 Å². The Kier molecular flexibility index (Phi) is 4.20. The van der Waals surface area contributed by atoms with Crippen LogP contribution in [0, 0.1) is 19.8 Å². The average Bonchev–Trinajstić information content (AvgIpc) is 3.38. The predicted molar refractivity (Wildman–Crippen MR) is 94.0 cm³/mol. The van der Waals surface area contributed by atoms with Crippen molar-refractivity contribution >= 4 is 11.7 Å². The van der Waals surface area contributed by atoms with Gasteiger partial charge in [-0.05, 0) is 38.2 Å². The zero-order valence-corrected chi connectivity index (χ0v) is 15.3. The lowest BCUT2D eigenvalue weighted by atomic mass is 10.0. The van der Waals surface area contributed by atoms with Crippen LogP contribution >= 0.6 is 0 Å². The van der Waals surface area contributed by atoms with Gasteiger partial charge in [0.1, 0.15) is 0 Å². The topological polar surface area (TPSA) is 65.6 Å². The first-order chi connectivity index (χ1) is 12.0. The summed E-state index contributed by atoms with van der Waals surface area (Å²) in [5.74, 6) is 0.793. The number of morpholine rings is 1. The summed E-state index contributed by atoms with van der Waals surface area (Å²) >= 11 is 0. The maximum Gasteiger partial charge on any atom is 0.256 e. The van der Waals surface area contributed by atoms with Crippen molar-refractivity contribution in [2.45, 2.75) is 45.7 Å². The van der Waals surface area contributed by atoms with Crippen LogP contribution in [-0.4, -0.2) is 71.4 Å². The maximum absolute atomic E-state index is 13.1. The van der Waals surface area contributed by atoms with Gasteiger partial charge >= 0.3 is 0 Å². The molecule has 3 aliphatic rings. The molecule has 1 aliphatic carbocycles. The first-order valence-electron chi connectivity index (χ1n) is 9.30. The molecule has 25 heavy (non-hydrogen) atoms. The van der Waals surface area contributed by atoms with Crippen LogP contribution in [0.4, 0.5) is 0 Å². The molecule has 2 aliphatic heterocycles. The molecule has 1 N–H and O–H groups in total. The molecule has 2 saturated heterocycles.